The van der Waals surface area contributed by atoms with E-state index in [-0.39, 0.29) is 6.04 Å². The van der Waals surface area contributed by atoms with Crippen molar-refractivity contribution in [2.75, 3.05) is 13.1 Å². The van der Waals surface area contributed by atoms with Crippen molar-refractivity contribution in [2.24, 2.45) is 0 Å². The van der Waals surface area contributed by atoms with Crippen LogP contribution >= 0.6 is 0 Å². The number of nitrogens with one attached hydrogen (secondary N) is 1. The van der Waals surface area contributed by atoms with Crippen LogP contribution in [0.2, 0.25) is 0 Å². The number of benzene rings is 2. The van der Waals surface area contributed by atoms with Crippen LogP contribution < -0.4 is 0 Å². The molecule has 0 amide bonds. The fourth-order valence-electron chi connectivity index (χ4n) is 4.82. The van der Waals surface area contributed by atoms with Crippen molar-refractivity contribution in [2.45, 2.75) is 18.9 Å². The van der Waals surface area contributed by atoms with Crippen LogP contribution in [0.3, 0.4) is 0 Å². The molecule has 1 N–H and O–H groups in total. The smallest absolute Gasteiger partial charge is 0.0686 e. The number of fused-ring (bicyclic) bond motifs is 2. The number of nitriles is 1. The van der Waals surface area contributed by atoms with Gasteiger partial charge in [-0.15, -0.1) is 0 Å². The lowest BCUT2D eigenvalue weighted by Gasteiger charge is -2.42. The highest BCUT2D eigenvalue weighted by Gasteiger charge is 2.41. The molecule has 1 aromatic heterocycles. The maximum atomic E-state index is 9.09. The summed E-state index contributed by atoms with van der Waals surface area (Å²) in [6.45, 7) is 10.3. The molecule has 2 aromatic carbocycles. The summed E-state index contributed by atoms with van der Waals surface area (Å²) in [6.07, 6.45) is 3.48. The Balaban J connectivity index is 1.66. The Labute approximate surface area is 177 Å². The van der Waals surface area contributed by atoms with Gasteiger partial charge in [-0.25, -0.2) is 0 Å². The third-order valence-corrected chi connectivity index (χ3v) is 6.20. The third-order valence-electron chi connectivity index (χ3n) is 6.20. The molecular weight excluding hydrogens is 368 g/mol. The lowest BCUT2D eigenvalue weighted by atomic mass is 9.96. The monoisotopic (exact) mass is 392 g/mol. The molecule has 1 fully saturated rings. The first-order chi connectivity index (χ1) is 14.7. The van der Waals surface area contributed by atoms with E-state index < -0.39 is 0 Å². The third kappa shape index (κ3) is 2.83. The Morgan fingerprint density at radius 3 is 2.63 bits per heavy atom. The van der Waals surface area contributed by atoms with Gasteiger partial charge in [0.15, 0.2) is 0 Å². The van der Waals surface area contributed by atoms with Gasteiger partial charge >= 0.3 is 0 Å². The molecule has 0 radical (unpaired) electrons. The fraction of sp³-hybridized carbons (Fsp3) is 0.192. The maximum Gasteiger partial charge on any atom is 0.0686 e. The highest BCUT2D eigenvalue weighted by Crippen LogP contribution is 2.51. The normalized spacial score (nSPS) is 18.8. The summed E-state index contributed by atoms with van der Waals surface area (Å²) in [4.78, 5) is 7.99. The van der Waals surface area contributed by atoms with Crippen LogP contribution in [-0.4, -0.2) is 27.9 Å². The van der Waals surface area contributed by atoms with E-state index >= 15 is 0 Å². The molecule has 148 valence electrons. The van der Waals surface area contributed by atoms with Gasteiger partial charge in [0.25, 0.3) is 0 Å². The number of para-hydroxylation sites is 1. The number of piperazine rings is 1. The summed E-state index contributed by atoms with van der Waals surface area (Å²) in [5, 5.41) is 10.3. The first-order valence-electron chi connectivity index (χ1n) is 10.3. The highest BCUT2D eigenvalue weighted by atomic mass is 15.3. The average molecular weight is 393 g/mol. The average Bonchev–Trinajstić information content (AvgIpc) is 3.38. The van der Waals surface area contributed by atoms with Gasteiger partial charge in [0.2, 0.25) is 0 Å². The molecule has 0 unspecified atom stereocenters. The van der Waals surface area contributed by atoms with E-state index in [1.165, 1.54) is 22.1 Å². The minimum Gasteiger partial charge on any atom is -0.363 e. The van der Waals surface area contributed by atoms with Crippen LogP contribution in [0.25, 0.3) is 16.5 Å². The van der Waals surface area contributed by atoms with Crippen molar-refractivity contribution >= 4 is 16.5 Å². The van der Waals surface area contributed by atoms with Crippen molar-refractivity contribution in [3.05, 3.63) is 102 Å². The molecule has 4 heteroatoms. The van der Waals surface area contributed by atoms with E-state index in [1.54, 1.807) is 0 Å². The van der Waals surface area contributed by atoms with E-state index in [1.807, 2.05) is 0 Å². The van der Waals surface area contributed by atoms with Crippen LogP contribution in [-0.2, 0) is 0 Å². The van der Waals surface area contributed by atoms with Gasteiger partial charge in [0, 0.05) is 41.3 Å². The molecule has 0 saturated carbocycles. The van der Waals surface area contributed by atoms with Gasteiger partial charge in [-0.3, -0.25) is 0 Å². The molecular formula is C26H24N4. The van der Waals surface area contributed by atoms with Gasteiger partial charge < -0.3 is 14.8 Å². The minimum atomic E-state index is 0.201. The number of H-pyrrole nitrogens is 1. The topological polar surface area (TPSA) is 46.1 Å². The van der Waals surface area contributed by atoms with E-state index in [0.29, 0.717) is 19.5 Å². The summed E-state index contributed by atoms with van der Waals surface area (Å²) in [5.41, 5.74) is 8.11. The lowest BCUT2D eigenvalue weighted by molar-refractivity contribution is 0.247. The summed E-state index contributed by atoms with van der Waals surface area (Å²) in [5.74, 6) is 0. The Morgan fingerprint density at radius 1 is 1.07 bits per heavy atom. The number of hydrogen-bond acceptors (Lipinski definition) is 3. The number of aromatic amines is 1. The van der Waals surface area contributed by atoms with Crippen molar-refractivity contribution in [3.8, 4) is 6.07 Å². The fourth-order valence-corrected chi connectivity index (χ4v) is 4.82. The van der Waals surface area contributed by atoms with E-state index in [0.717, 1.165) is 29.0 Å². The van der Waals surface area contributed by atoms with Crippen molar-refractivity contribution in [1.82, 2.24) is 14.8 Å². The Kier molecular flexibility index (Phi) is 4.44. The standard InChI is InChI=1S/C26H24N4/c1-18-17-29(14-8-13-27)19(2)26-22(23-16-28-24-12-7-6-11-21(23)24)15-25(30(18)26)20-9-4-3-5-10-20/h3-7,9-12,16,25,28H,1-2,8,14-15,17H2/t25-/m1/s1. The molecule has 4 nitrogen and oxygen atoms in total. The van der Waals surface area contributed by atoms with Crippen LogP contribution in [0, 0.1) is 11.3 Å². The summed E-state index contributed by atoms with van der Waals surface area (Å²) >= 11 is 0. The number of rotatable bonds is 4. The van der Waals surface area contributed by atoms with Gasteiger partial charge in [0.1, 0.15) is 0 Å². The summed E-state index contributed by atoms with van der Waals surface area (Å²) in [7, 11) is 0. The van der Waals surface area contributed by atoms with Crippen LogP contribution in [0.15, 0.2) is 91.0 Å². The predicted molar refractivity (Wildman–Crippen MR) is 121 cm³/mol. The molecule has 3 heterocycles. The van der Waals surface area contributed by atoms with Gasteiger partial charge in [-0.1, -0.05) is 61.7 Å². The Hall–Kier alpha value is -3.71. The molecule has 1 saturated heterocycles. The zero-order valence-electron chi connectivity index (χ0n) is 16.9. The quantitative estimate of drug-likeness (QED) is 0.630. The first kappa shape index (κ1) is 18.3. The SMILES string of the molecule is C=C1C2=C(c3c[nH]c4ccccc34)C[C@H](c3ccccc3)N2C(=C)CN1CCC#N. The molecule has 3 aromatic rings. The highest BCUT2D eigenvalue weighted by molar-refractivity contribution is 5.94. The molecule has 5 rings (SSSR count). The van der Waals surface area contributed by atoms with Crippen LogP contribution in [0.4, 0.5) is 0 Å². The number of hydrogen-bond donors (Lipinski definition) is 1. The molecule has 1 atom stereocenters. The zero-order chi connectivity index (χ0) is 20.7. The second kappa shape index (κ2) is 7.27. The van der Waals surface area contributed by atoms with Crippen LogP contribution in [0.5, 0.6) is 0 Å². The molecule has 0 aliphatic carbocycles. The minimum absolute atomic E-state index is 0.201. The second-order valence-electron chi connectivity index (χ2n) is 7.92. The van der Waals surface area contributed by atoms with Crippen molar-refractivity contribution < 1.29 is 0 Å². The van der Waals surface area contributed by atoms with Gasteiger partial charge in [-0.05, 0) is 17.2 Å². The second-order valence-corrected chi connectivity index (χ2v) is 7.92. The summed E-state index contributed by atoms with van der Waals surface area (Å²) in [6, 6.07) is 21.5. The molecule has 0 spiro atoms. The van der Waals surface area contributed by atoms with Crippen molar-refractivity contribution in [1.29, 1.82) is 5.26 Å². The van der Waals surface area contributed by atoms with E-state index in [4.69, 9.17) is 5.26 Å². The first-order valence-corrected chi connectivity index (χ1v) is 10.3. The van der Waals surface area contributed by atoms with Crippen molar-refractivity contribution in [3.63, 3.8) is 0 Å². The number of nitrogens with zero attached hydrogens (tertiary/aromatic N) is 3. The van der Waals surface area contributed by atoms with Gasteiger partial charge in [-0.2, -0.15) is 5.26 Å². The number of aromatic nitrogens is 1. The Bertz CT molecular complexity index is 1210. The molecule has 30 heavy (non-hydrogen) atoms. The Morgan fingerprint density at radius 2 is 1.83 bits per heavy atom. The van der Waals surface area contributed by atoms with E-state index in [2.05, 4.69) is 94.8 Å². The maximum absolute atomic E-state index is 9.09. The predicted octanol–water partition coefficient (Wildman–Crippen LogP) is 5.58. The van der Waals surface area contributed by atoms with E-state index in [9.17, 15) is 0 Å². The molecule has 2 aliphatic heterocycles. The molecule has 0 bridgehead atoms. The van der Waals surface area contributed by atoms with Gasteiger partial charge in [0.05, 0.1) is 36.5 Å². The largest absolute Gasteiger partial charge is 0.363 e. The molecule has 2 aliphatic rings. The van der Waals surface area contributed by atoms with Crippen LogP contribution in [0.1, 0.15) is 30.0 Å². The lowest BCUT2D eigenvalue weighted by Crippen LogP contribution is -2.40. The zero-order valence-corrected chi connectivity index (χ0v) is 16.9. The summed E-state index contributed by atoms with van der Waals surface area (Å²) < 4.78 is 0.